The van der Waals surface area contributed by atoms with Gasteiger partial charge < -0.3 is 10.6 Å². The number of guanidine groups is 1. The third-order valence-corrected chi connectivity index (χ3v) is 4.55. The number of aromatic nitrogens is 1. The van der Waals surface area contributed by atoms with Gasteiger partial charge in [0.2, 0.25) is 0 Å². The molecule has 0 amide bonds. The predicted octanol–water partition coefficient (Wildman–Crippen LogP) is 1.99. The van der Waals surface area contributed by atoms with Crippen molar-refractivity contribution in [1.82, 2.24) is 20.5 Å². The summed E-state index contributed by atoms with van der Waals surface area (Å²) < 4.78 is 0. The number of aliphatic imine (C=N–C) groups is 1. The van der Waals surface area contributed by atoms with Crippen LogP contribution in [0.2, 0.25) is 0 Å². The summed E-state index contributed by atoms with van der Waals surface area (Å²) in [6, 6.07) is 1.42. The number of rotatable bonds is 7. The van der Waals surface area contributed by atoms with E-state index < -0.39 is 0 Å². The minimum Gasteiger partial charge on any atom is -0.355 e. The molecule has 0 spiro atoms. The van der Waals surface area contributed by atoms with Crippen LogP contribution < -0.4 is 10.6 Å². The summed E-state index contributed by atoms with van der Waals surface area (Å²) >= 11 is 1.72. The molecule has 118 valence electrons. The van der Waals surface area contributed by atoms with Crippen LogP contribution in [0.1, 0.15) is 36.6 Å². The van der Waals surface area contributed by atoms with Gasteiger partial charge in [-0.1, -0.05) is 0 Å². The molecule has 0 saturated heterocycles. The SMILES string of the molecule is CN=C(NCCN(C(C)C)C1CC1)NCc1ncc(C)s1. The van der Waals surface area contributed by atoms with Crippen molar-refractivity contribution in [2.45, 2.75) is 52.2 Å². The smallest absolute Gasteiger partial charge is 0.191 e. The van der Waals surface area contributed by atoms with Crippen molar-refractivity contribution in [3.63, 3.8) is 0 Å². The van der Waals surface area contributed by atoms with Crippen molar-refractivity contribution >= 4 is 17.3 Å². The molecule has 1 aliphatic carbocycles. The molecule has 2 rings (SSSR count). The minimum absolute atomic E-state index is 0.618. The fraction of sp³-hybridized carbons (Fsp3) is 0.733. The number of thiazole rings is 1. The molecular weight excluding hydrogens is 282 g/mol. The minimum atomic E-state index is 0.618. The Kier molecular flexibility index (Phi) is 5.99. The zero-order chi connectivity index (χ0) is 15.2. The van der Waals surface area contributed by atoms with E-state index in [1.807, 2.05) is 13.2 Å². The summed E-state index contributed by atoms with van der Waals surface area (Å²) in [5, 5.41) is 7.80. The summed E-state index contributed by atoms with van der Waals surface area (Å²) in [7, 11) is 1.81. The highest BCUT2D eigenvalue weighted by molar-refractivity contribution is 7.11. The van der Waals surface area contributed by atoms with Crippen LogP contribution in [-0.2, 0) is 6.54 Å². The first kappa shape index (κ1) is 16.2. The van der Waals surface area contributed by atoms with E-state index in [1.54, 1.807) is 11.3 Å². The second kappa shape index (κ2) is 7.75. The molecule has 0 aliphatic heterocycles. The Balaban J connectivity index is 1.70. The molecule has 1 aliphatic rings. The van der Waals surface area contributed by atoms with Crippen LogP contribution >= 0.6 is 11.3 Å². The van der Waals surface area contributed by atoms with Crippen LogP contribution in [0.3, 0.4) is 0 Å². The molecule has 21 heavy (non-hydrogen) atoms. The average molecular weight is 309 g/mol. The first-order chi connectivity index (χ1) is 10.1. The van der Waals surface area contributed by atoms with Gasteiger partial charge in [0.25, 0.3) is 0 Å². The van der Waals surface area contributed by atoms with Crippen molar-refractivity contribution in [1.29, 1.82) is 0 Å². The summed E-state index contributed by atoms with van der Waals surface area (Å²) in [5.41, 5.74) is 0. The van der Waals surface area contributed by atoms with Crippen molar-refractivity contribution in [2.24, 2.45) is 4.99 Å². The highest BCUT2D eigenvalue weighted by Crippen LogP contribution is 2.27. The molecule has 1 saturated carbocycles. The topological polar surface area (TPSA) is 52.6 Å². The van der Waals surface area contributed by atoms with Crippen LogP contribution in [0.5, 0.6) is 0 Å². The largest absolute Gasteiger partial charge is 0.355 e. The quantitative estimate of drug-likeness (QED) is 0.597. The molecule has 1 aromatic heterocycles. The molecule has 6 heteroatoms. The Bertz CT molecular complexity index is 462. The average Bonchev–Trinajstić information content (AvgIpc) is 3.20. The van der Waals surface area contributed by atoms with E-state index in [9.17, 15) is 0 Å². The maximum Gasteiger partial charge on any atom is 0.191 e. The summed E-state index contributed by atoms with van der Waals surface area (Å²) in [6.07, 6.45) is 4.62. The van der Waals surface area contributed by atoms with Crippen LogP contribution in [0.4, 0.5) is 0 Å². The molecule has 0 aromatic carbocycles. The van der Waals surface area contributed by atoms with Gasteiger partial charge >= 0.3 is 0 Å². The van der Waals surface area contributed by atoms with Crippen molar-refractivity contribution in [3.8, 4) is 0 Å². The van der Waals surface area contributed by atoms with Gasteiger partial charge in [0.1, 0.15) is 5.01 Å². The van der Waals surface area contributed by atoms with E-state index in [1.165, 1.54) is 17.7 Å². The zero-order valence-electron chi connectivity index (χ0n) is 13.5. The molecule has 0 atom stereocenters. The van der Waals surface area contributed by atoms with Gasteiger partial charge in [-0.25, -0.2) is 4.98 Å². The normalized spacial score (nSPS) is 15.8. The van der Waals surface area contributed by atoms with Gasteiger partial charge in [-0.05, 0) is 33.6 Å². The molecule has 0 radical (unpaired) electrons. The van der Waals surface area contributed by atoms with E-state index >= 15 is 0 Å². The Morgan fingerprint density at radius 3 is 2.76 bits per heavy atom. The van der Waals surface area contributed by atoms with Crippen molar-refractivity contribution < 1.29 is 0 Å². The number of hydrogen-bond acceptors (Lipinski definition) is 4. The second-order valence-electron chi connectivity index (χ2n) is 5.78. The fourth-order valence-electron chi connectivity index (χ4n) is 2.44. The van der Waals surface area contributed by atoms with Crippen LogP contribution in [0, 0.1) is 6.92 Å². The lowest BCUT2D eigenvalue weighted by atomic mass is 10.3. The molecule has 0 unspecified atom stereocenters. The standard InChI is InChI=1S/C15H27N5S/c1-11(2)20(13-5-6-13)8-7-17-15(16-4)19-10-14-18-9-12(3)21-14/h9,11,13H,5-8,10H2,1-4H3,(H2,16,17,19). The van der Waals surface area contributed by atoms with Gasteiger partial charge in [-0.3, -0.25) is 9.89 Å². The molecular formula is C15H27N5S. The zero-order valence-corrected chi connectivity index (χ0v) is 14.3. The van der Waals surface area contributed by atoms with Gasteiger partial charge in [0.05, 0.1) is 6.54 Å². The monoisotopic (exact) mass is 309 g/mol. The van der Waals surface area contributed by atoms with Crippen molar-refractivity contribution in [3.05, 3.63) is 16.1 Å². The number of nitrogens with zero attached hydrogens (tertiary/aromatic N) is 3. The maximum atomic E-state index is 4.35. The Morgan fingerprint density at radius 1 is 1.48 bits per heavy atom. The molecule has 0 bridgehead atoms. The van der Waals surface area contributed by atoms with Crippen LogP contribution in [-0.4, -0.2) is 48.1 Å². The lowest BCUT2D eigenvalue weighted by Gasteiger charge is -2.26. The Labute approximate surface area is 131 Å². The van der Waals surface area contributed by atoms with E-state index in [2.05, 4.69) is 46.3 Å². The maximum absolute atomic E-state index is 4.35. The van der Waals surface area contributed by atoms with Gasteiger partial charge in [0, 0.05) is 43.3 Å². The number of nitrogens with one attached hydrogen (secondary N) is 2. The van der Waals surface area contributed by atoms with E-state index in [0.29, 0.717) is 6.04 Å². The molecule has 2 N–H and O–H groups in total. The predicted molar refractivity (Wildman–Crippen MR) is 89.9 cm³/mol. The molecule has 1 heterocycles. The molecule has 1 fully saturated rings. The summed E-state index contributed by atoms with van der Waals surface area (Å²) in [5.74, 6) is 0.849. The first-order valence-corrected chi connectivity index (χ1v) is 8.53. The van der Waals surface area contributed by atoms with Crippen molar-refractivity contribution in [2.75, 3.05) is 20.1 Å². The van der Waals surface area contributed by atoms with E-state index in [4.69, 9.17) is 0 Å². The lowest BCUT2D eigenvalue weighted by Crippen LogP contribution is -2.43. The van der Waals surface area contributed by atoms with Gasteiger partial charge in [-0.15, -0.1) is 11.3 Å². The molecule has 5 nitrogen and oxygen atoms in total. The molecule has 1 aromatic rings. The Morgan fingerprint density at radius 2 is 2.24 bits per heavy atom. The summed E-state index contributed by atoms with van der Waals surface area (Å²) in [6.45, 7) is 9.35. The first-order valence-electron chi connectivity index (χ1n) is 7.71. The second-order valence-corrected chi connectivity index (χ2v) is 7.10. The highest BCUT2D eigenvalue weighted by Gasteiger charge is 2.30. The third-order valence-electron chi connectivity index (χ3n) is 3.64. The summed E-state index contributed by atoms with van der Waals surface area (Å²) in [4.78, 5) is 12.4. The van der Waals surface area contributed by atoms with Gasteiger partial charge in [-0.2, -0.15) is 0 Å². The van der Waals surface area contributed by atoms with E-state index in [-0.39, 0.29) is 0 Å². The van der Waals surface area contributed by atoms with Crippen LogP contribution in [0.25, 0.3) is 0 Å². The van der Waals surface area contributed by atoms with Crippen LogP contribution in [0.15, 0.2) is 11.2 Å². The van der Waals surface area contributed by atoms with Gasteiger partial charge in [0.15, 0.2) is 5.96 Å². The van der Waals surface area contributed by atoms with E-state index in [0.717, 1.165) is 36.6 Å². The Hall–Kier alpha value is -1.14. The highest BCUT2D eigenvalue weighted by atomic mass is 32.1. The fourth-order valence-corrected chi connectivity index (χ4v) is 3.16. The third kappa shape index (κ3) is 5.28. The number of aryl methyl sites for hydroxylation is 1. The number of hydrogen-bond donors (Lipinski definition) is 2. The lowest BCUT2D eigenvalue weighted by molar-refractivity contribution is 0.215.